The molecule has 9 heteroatoms. The van der Waals surface area contributed by atoms with Gasteiger partial charge in [-0.15, -0.1) is 0 Å². The molecular formula is C28H49NO5SSi2. The number of carbonyl (C=O) groups is 1. The van der Waals surface area contributed by atoms with Crippen molar-refractivity contribution in [2.24, 2.45) is 0 Å². The van der Waals surface area contributed by atoms with E-state index in [1.807, 2.05) is 13.0 Å². The lowest BCUT2D eigenvalue weighted by molar-refractivity contribution is 0.0392. The van der Waals surface area contributed by atoms with Gasteiger partial charge in [0.25, 0.3) is 10.0 Å². The van der Waals surface area contributed by atoms with E-state index >= 15 is 0 Å². The number of nitrogens with zero attached hydrogens (tertiary/aromatic N) is 1. The van der Waals surface area contributed by atoms with Crippen LogP contribution in [0.5, 0.6) is 0 Å². The number of allylic oxidation sites excluding steroid dienone is 1. The van der Waals surface area contributed by atoms with Gasteiger partial charge in [0, 0.05) is 6.54 Å². The van der Waals surface area contributed by atoms with Crippen molar-refractivity contribution in [1.82, 2.24) is 4.31 Å². The van der Waals surface area contributed by atoms with Gasteiger partial charge in [-0.25, -0.2) is 17.5 Å². The van der Waals surface area contributed by atoms with Crippen LogP contribution in [0, 0.1) is 6.92 Å². The minimum atomic E-state index is -4.08. The highest BCUT2D eigenvalue weighted by atomic mass is 32.2. The van der Waals surface area contributed by atoms with Crippen LogP contribution in [0.1, 0.15) is 59.9 Å². The van der Waals surface area contributed by atoms with Crippen molar-refractivity contribution < 1.29 is 22.4 Å². The summed E-state index contributed by atoms with van der Waals surface area (Å²) in [5.41, 5.74) is 3.48. The summed E-state index contributed by atoms with van der Waals surface area (Å²) < 4.78 is 39.6. The molecule has 37 heavy (non-hydrogen) atoms. The van der Waals surface area contributed by atoms with Gasteiger partial charge in [0.1, 0.15) is 5.60 Å². The summed E-state index contributed by atoms with van der Waals surface area (Å²) in [7, 11) is -7.61. The van der Waals surface area contributed by atoms with E-state index in [9.17, 15) is 13.2 Å². The molecule has 0 aliphatic heterocycles. The molecule has 0 aliphatic carbocycles. The molecule has 0 saturated carbocycles. The van der Waals surface area contributed by atoms with Gasteiger partial charge in [-0.2, -0.15) is 0 Å². The lowest BCUT2D eigenvalue weighted by atomic mass is 10.1. The van der Waals surface area contributed by atoms with Crippen molar-refractivity contribution in [3.05, 3.63) is 53.4 Å². The van der Waals surface area contributed by atoms with Crippen LogP contribution in [-0.4, -0.2) is 47.4 Å². The van der Waals surface area contributed by atoms with Crippen molar-refractivity contribution in [3.8, 4) is 0 Å². The van der Waals surface area contributed by atoms with E-state index in [4.69, 9.17) is 9.16 Å². The Bertz CT molecular complexity index is 1070. The number of hydrogen-bond donors (Lipinski definition) is 0. The van der Waals surface area contributed by atoms with Gasteiger partial charge < -0.3 is 9.16 Å². The van der Waals surface area contributed by atoms with Crippen LogP contribution < -0.4 is 0 Å². The first-order valence-corrected chi connectivity index (χ1v) is 20.8. The van der Waals surface area contributed by atoms with E-state index in [-0.39, 0.29) is 16.5 Å². The number of aryl methyl sites for hydroxylation is 1. The second-order valence-corrected chi connectivity index (χ2v) is 24.9. The minimum absolute atomic E-state index is 0.00162. The first-order chi connectivity index (χ1) is 16.6. The molecule has 1 amide bonds. The van der Waals surface area contributed by atoms with E-state index in [0.29, 0.717) is 12.8 Å². The Kier molecular flexibility index (Phi) is 11.1. The van der Waals surface area contributed by atoms with Crippen LogP contribution >= 0.6 is 0 Å². The Morgan fingerprint density at radius 1 is 0.973 bits per heavy atom. The fraction of sp³-hybridized carbons (Fsp3) is 0.607. The number of ether oxygens (including phenoxy) is 1. The molecule has 0 N–H and O–H groups in total. The summed E-state index contributed by atoms with van der Waals surface area (Å²) in [6.45, 7) is 24.8. The second kappa shape index (κ2) is 12.3. The average Bonchev–Trinajstić information content (AvgIpc) is 2.68. The topological polar surface area (TPSA) is 72.9 Å². The molecule has 1 rings (SSSR count). The fourth-order valence-electron chi connectivity index (χ4n) is 3.15. The number of hydrogen-bond acceptors (Lipinski definition) is 5. The van der Waals surface area contributed by atoms with Gasteiger partial charge >= 0.3 is 6.09 Å². The average molecular weight is 568 g/mol. The predicted molar refractivity (Wildman–Crippen MR) is 159 cm³/mol. The number of sulfonamides is 1. The summed E-state index contributed by atoms with van der Waals surface area (Å²) in [6.07, 6.45) is 3.98. The first-order valence-electron chi connectivity index (χ1n) is 12.9. The number of rotatable bonds is 10. The van der Waals surface area contributed by atoms with Crippen LogP contribution in [0.2, 0.25) is 37.8 Å². The van der Waals surface area contributed by atoms with Gasteiger partial charge in [0.15, 0.2) is 0 Å². The largest absolute Gasteiger partial charge is 0.549 e. The van der Waals surface area contributed by atoms with Crippen molar-refractivity contribution in [3.63, 3.8) is 0 Å². The smallest absolute Gasteiger partial charge is 0.424 e. The summed E-state index contributed by atoms with van der Waals surface area (Å²) in [6, 6.07) is 6.51. The molecule has 1 aromatic carbocycles. The summed E-state index contributed by atoms with van der Waals surface area (Å²) in [5, 5.41) is 0.104. The highest BCUT2D eigenvalue weighted by Gasteiger charge is 2.38. The summed E-state index contributed by atoms with van der Waals surface area (Å²) >= 11 is 0. The molecule has 0 unspecified atom stereocenters. The maximum atomic E-state index is 13.5. The van der Waals surface area contributed by atoms with Crippen LogP contribution in [0.4, 0.5) is 4.79 Å². The highest BCUT2D eigenvalue weighted by Crippen LogP contribution is 2.36. The first kappa shape index (κ1) is 33.2. The lowest BCUT2D eigenvalue weighted by Crippen LogP contribution is -2.41. The van der Waals surface area contributed by atoms with Crippen LogP contribution in [0.3, 0.4) is 0 Å². The molecule has 0 atom stereocenters. The third-order valence-electron chi connectivity index (χ3n) is 6.12. The van der Waals surface area contributed by atoms with E-state index in [1.54, 1.807) is 39.2 Å². The Hall–Kier alpha value is -1.85. The lowest BCUT2D eigenvalue weighted by Gasteiger charge is -2.35. The molecule has 0 saturated heterocycles. The Labute approximate surface area is 228 Å². The minimum Gasteiger partial charge on any atom is -0.549 e. The molecule has 0 spiro atoms. The van der Waals surface area contributed by atoms with Gasteiger partial charge in [-0.1, -0.05) is 69.4 Å². The van der Waals surface area contributed by atoms with Crippen molar-refractivity contribution in [1.29, 1.82) is 0 Å². The quantitative estimate of drug-likeness (QED) is 0.211. The van der Waals surface area contributed by atoms with E-state index in [0.717, 1.165) is 15.4 Å². The molecule has 0 aliphatic rings. The third kappa shape index (κ3) is 11.2. The molecule has 0 fully saturated rings. The van der Waals surface area contributed by atoms with Crippen molar-refractivity contribution in [2.45, 2.75) is 110 Å². The summed E-state index contributed by atoms with van der Waals surface area (Å²) in [5.74, 6) is 0. The van der Waals surface area contributed by atoms with Gasteiger partial charge in [0.05, 0.1) is 19.2 Å². The van der Waals surface area contributed by atoms with E-state index < -0.39 is 38.1 Å². The number of carbonyl (C=O) groups excluding carboxylic acids is 1. The van der Waals surface area contributed by atoms with E-state index in [1.165, 1.54) is 12.1 Å². The standard InChI is InChI=1S/C28H49NO5SSi2/c1-23-15-17-25(18-16-23)35(31,32)29(26(30)34-27(2,3)4)20-19-24(22-36(8,9)10)14-13-21-33-37(11,12)28(5,6)7/h13,15-18,21-22H,14,19-20H2,1-12H3/b21-13+,24-22-. The molecule has 1 aromatic rings. The summed E-state index contributed by atoms with van der Waals surface area (Å²) in [4.78, 5) is 13.2. The molecule has 0 aromatic heterocycles. The van der Waals surface area contributed by atoms with Gasteiger partial charge in [0.2, 0.25) is 8.32 Å². The second-order valence-electron chi connectivity index (χ2n) is 13.2. The zero-order chi connectivity index (χ0) is 28.9. The third-order valence-corrected chi connectivity index (χ3v) is 13.5. The normalized spacial score (nSPS) is 14.1. The Morgan fingerprint density at radius 2 is 1.51 bits per heavy atom. The molecule has 0 heterocycles. The Balaban J connectivity index is 3.23. The predicted octanol–water partition coefficient (Wildman–Crippen LogP) is 8.04. The number of amides is 1. The zero-order valence-corrected chi connectivity index (χ0v) is 27.9. The molecular weight excluding hydrogens is 519 g/mol. The fourth-order valence-corrected chi connectivity index (χ4v) is 6.72. The molecule has 6 nitrogen and oxygen atoms in total. The van der Waals surface area contributed by atoms with Gasteiger partial charge in [-0.3, -0.25) is 0 Å². The van der Waals surface area contributed by atoms with Crippen molar-refractivity contribution in [2.75, 3.05) is 6.54 Å². The number of benzene rings is 1. The maximum absolute atomic E-state index is 13.5. The molecule has 0 bridgehead atoms. The van der Waals surface area contributed by atoms with Crippen LogP contribution in [-0.2, 0) is 19.2 Å². The van der Waals surface area contributed by atoms with Crippen LogP contribution in [0.15, 0.2) is 52.8 Å². The van der Waals surface area contributed by atoms with E-state index in [2.05, 4.69) is 59.2 Å². The monoisotopic (exact) mass is 567 g/mol. The Morgan fingerprint density at radius 3 is 1.97 bits per heavy atom. The van der Waals surface area contributed by atoms with Gasteiger partial charge in [-0.05, 0) is 76.9 Å². The zero-order valence-electron chi connectivity index (χ0n) is 25.1. The van der Waals surface area contributed by atoms with Crippen LogP contribution in [0.25, 0.3) is 0 Å². The van der Waals surface area contributed by atoms with Crippen molar-refractivity contribution >= 4 is 32.5 Å². The maximum Gasteiger partial charge on any atom is 0.424 e. The molecule has 210 valence electrons. The highest BCUT2D eigenvalue weighted by molar-refractivity contribution is 7.89. The molecule has 0 radical (unpaired) electrons. The SMILES string of the molecule is Cc1ccc(S(=O)(=O)N(CC/C(=C\[Si](C)(C)C)C/C=C/O[Si](C)(C)C(C)(C)C)C(=O)OC(C)(C)C)cc1.